The van der Waals surface area contributed by atoms with Crippen LogP contribution in [0, 0.1) is 12.1 Å². The quantitative estimate of drug-likeness (QED) is 0.0991. The standard InChI is InChI=1S/C28H31F3N6O9S/c1-4-43-27(39)44-19(3)46-34-37(40)35-15-5-6-22(17-35)45-26(38)33-47(41,42)23-13-11-21(12-14-23)36-24(16-25(32-36)28(29,30)31)20-9-7-18(2)8-10-20/h7-14,16,19,22H,4-6,15,17H2,1-3H3,(H,33,38). The molecule has 0 aliphatic carbocycles. The van der Waals surface area contributed by atoms with Crippen molar-refractivity contribution in [3.8, 4) is 16.9 Å². The summed E-state index contributed by atoms with van der Waals surface area (Å²) in [5, 5.41) is 20.4. The Balaban J connectivity index is 1.39. The van der Waals surface area contributed by atoms with E-state index in [0.29, 0.717) is 18.4 Å². The Hall–Kier alpha value is -5.07. The van der Waals surface area contributed by atoms with Gasteiger partial charge in [-0.15, -0.1) is 5.01 Å². The van der Waals surface area contributed by atoms with Crippen molar-refractivity contribution in [1.29, 1.82) is 0 Å². The highest BCUT2D eigenvalue weighted by atomic mass is 32.2. The third-order valence-corrected chi connectivity index (χ3v) is 7.95. The number of aromatic nitrogens is 2. The summed E-state index contributed by atoms with van der Waals surface area (Å²) in [5.74, 6) is 0. The van der Waals surface area contributed by atoms with Gasteiger partial charge in [-0.3, -0.25) is 4.84 Å². The lowest BCUT2D eigenvalue weighted by molar-refractivity contribution is -0.716. The molecule has 1 amide bonds. The monoisotopic (exact) mass is 684 g/mol. The zero-order valence-corrected chi connectivity index (χ0v) is 26.2. The highest BCUT2D eigenvalue weighted by Gasteiger charge is 2.35. The number of nitrogens with zero attached hydrogens (tertiary/aromatic N) is 5. The number of benzene rings is 2. The van der Waals surface area contributed by atoms with Gasteiger partial charge < -0.3 is 19.4 Å². The van der Waals surface area contributed by atoms with Gasteiger partial charge in [-0.25, -0.2) is 27.4 Å². The third kappa shape index (κ3) is 9.24. The Bertz CT molecular complexity index is 1700. The van der Waals surface area contributed by atoms with Crippen molar-refractivity contribution in [2.75, 3.05) is 19.7 Å². The van der Waals surface area contributed by atoms with E-state index in [2.05, 4.69) is 15.1 Å². The van der Waals surface area contributed by atoms with Crippen molar-refractivity contribution < 1.29 is 55.2 Å². The zero-order chi connectivity index (χ0) is 34.4. The van der Waals surface area contributed by atoms with Gasteiger partial charge in [-0.05, 0) is 57.0 Å². The number of carbonyl (C=O) groups is 2. The van der Waals surface area contributed by atoms with Crippen LogP contribution in [-0.4, -0.2) is 72.5 Å². The van der Waals surface area contributed by atoms with Crippen LogP contribution in [0.3, 0.4) is 0 Å². The van der Waals surface area contributed by atoms with Crippen molar-refractivity contribution in [2.24, 2.45) is 5.28 Å². The molecule has 2 heterocycles. The fraction of sp³-hybridized carbons (Fsp3) is 0.393. The summed E-state index contributed by atoms with van der Waals surface area (Å²) in [6, 6.07) is 12.3. The first-order valence-corrected chi connectivity index (χ1v) is 15.6. The second-order valence-electron chi connectivity index (χ2n) is 10.2. The lowest BCUT2D eigenvalue weighted by Gasteiger charge is -2.28. The number of hydrazine groups is 1. The maximum atomic E-state index is 13.5. The van der Waals surface area contributed by atoms with Crippen molar-refractivity contribution in [1.82, 2.24) is 19.5 Å². The Morgan fingerprint density at radius 3 is 2.49 bits per heavy atom. The predicted molar refractivity (Wildman–Crippen MR) is 155 cm³/mol. The Morgan fingerprint density at radius 2 is 1.85 bits per heavy atom. The molecule has 0 bridgehead atoms. The predicted octanol–water partition coefficient (Wildman–Crippen LogP) is 5.07. The van der Waals surface area contributed by atoms with E-state index in [1.54, 1.807) is 35.9 Å². The summed E-state index contributed by atoms with van der Waals surface area (Å²) in [5.41, 5.74) is 0.499. The maximum absolute atomic E-state index is 13.5. The van der Waals surface area contributed by atoms with Crippen LogP contribution in [-0.2, 0) is 35.2 Å². The van der Waals surface area contributed by atoms with Crippen LogP contribution in [0.2, 0.25) is 0 Å². The summed E-state index contributed by atoms with van der Waals surface area (Å²) in [6.07, 6.45) is -8.50. The van der Waals surface area contributed by atoms with Gasteiger partial charge in [-0.2, -0.15) is 18.3 Å². The Morgan fingerprint density at radius 1 is 1.17 bits per heavy atom. The van der Waals surface area contributed by atoms with E-state index in [1.807, 2.05) is 6.92 Å². The number of hydrogen-bond donors (Lipinski definition) is 1. The minimum absolute atomic E-state index is 0.0730. The lowest BCUT2D eigenvalue weighted by Crippen LogP contribution is -2.45. The molecule has 254 valence electrons. The molecule has 0 spiro atoms. The van der Waals surface area contributed by atoms with Crippen LogP contribution >= 0.6 is 0 Å². The number of carbonyl (C=O) groups excluding carboxylic acids is 2. The van der Waals surface area contributed by atoms with E-state index in [9.17, 15) is 36.4 Å². The fourth-order valence-corrected chi connectivity index (χ4v) is 5.27. The molecule has 1 aliphatic rings. The minimum Gasteiger partial charge on any atom is -0.569 e. The van der Waals surface area contributed by atoms with Crippen LogP contribution in [0.1, 0.15) is 37.9 Å². The van der Waals surface area contributed by atoms with Crippen LogP contribution in [0.15, 0.2) is 64.8 Å². The number of alkyl halides is 3. The lowest BCUT2D eigenvalue weighted by atomic mass is 10.1. The maximum Gasteiger partial charge on any atom is 0.511 e. The van der Waals surface area contributed by atoms with Crippen molar-refractivity contribution in [3.63, 3.8) is 0 Å². The van der Waals surface area contributed by atoms with E-state index in [1.165, 1.54) is 19.1 Å². The normalized spacial score (nSPS) is 16.3. The van der Waals surface area contributed by atoms with E-state index in [4.69, 9.17) is 14.3 Å². The molecule has 0 saturated carbocycles. The largest absolute Gasteiger partial charge is 0.569 e. The van der Waals surface area contributed by atoms with Gasteiger partial charge >= 0.3 is 18.4 Å². The Kier molecular flexibility index (Phi) is 10.8. The van der Waals surface area contributed by atoms with E-state index in [-0.39, 0.29) is 40.9 Å². The first-order valence-electron chi connectivity index (χ1n) is 14.2. The van der Waals surface area contributed by atoms with Crippen molar-refractivity contribution in [3.05, 3.63) is 71.1 Å². The summed E-state index contributed by atoms with van der Waals surface area (Å²) in [7, 11) is -4.47. The molecule has 19 heteroatoms. The summed E-state index contributed by atoms with van der Waals surface area (Å²) in [6.45, 7) is 4.84. The molecule has 3 aromatic rings. The second-order valence-corrected chi connectivity index (χ2v) is 11.9. The molecule has 1 aromatic heterocycles. The molecule has 15 nitrogen and oxygen atoms in total. The SMILES string of the molecule is CCOC(=O)OC(C)ON=[N+]([O-])N1CCCC(OC(=O)NS(=O)(=O)c2ccc(-n3nc(C(F)(F)F)cc3-c3ccc(C)cc3)cc2)C1. The zero-order valence-electron chi connectivity index (χ0n) is 25.3. The number of sulfonamides is 1. The molecule has 2 aromatic carbocycles. The molecule has 2 atom stereocenters. The average molecular weight is 685 g/mol. The molecule has 1 fully saturated rings. The second kappa shape index (κ2) is 14.6. The van der Waals surface area contributed by atoms with Gasteiger partial charge in [0.15, 0.2) is 5.69 Å². The first kappa shape index (κ1) is 34.8. The molecule has 0 radical (unpaired) electrons. The third-order valence-electron chi connectivity index (χ3n) is 6.62. The summed E-state index contributed by atoms with van der Waals surface area (Å²) >= 11 is 0. The van der Waals surface area contributed by atoms with Gasteiger partial charge in [-0.1, -0.05) is 29.8 Å². The molecule has 2 unspecified atom stereocenters. The Labute approximate surface area is 267 Å². The number of rotatable bonds is 10. The number of hydrogen-bond acceptors (Lipinski definition) is 11. The molecule has 1 saturated heterocycles. The molecular weight excluding hydrogens is 653 g/mol. The van der Waals surface area contributed by atoms with Crippen LogP contribution in [0.5, 0.6) is 0 Å². The minimum atomic E-state index is -4.72. The first-order chi connectivity index (χ1) is 22.2. The van der Waals surface area contributed by atoms with Gasteiger partial charge in [0.05, 0.1) is 34.4 Å². The number of piperidine rings is 1. The topological polar surface area (TPSA) is 177 Å². The van der Waals surface area contributed by atoms with Gasteiger partial charge in [0.25, 0.3) is 16.3 Å². The highest BCUT2D eigenvalue weighted by Crippen LogP contribution is 2.33. The molecule has 4 rings (SSSR count). The molecule has 47 heavy (non-hydrogen) atoms. The van der Waals surface area contributed by atoms with Gasteiger partial charge in [0, 0.05) is 12.5 Å². The fourth-order valence-electron chi connectivity index (χ4n) is 4.39. The number of ether oxygens (including phenoxy) is 3. The van der Waals surface area contributed by atoms with Crippen LogP contribution in [0.4, 0.5) is 22.8 Å². The smallest absolute Gasteiger partial charge is 0.511 e. The highest BCUT2D eigenvalue weighted by molar-refractivity contribution is 7.90. The van der Waals surface area contributed by atoms with Crippen LogP contribution < -0.4 is 4.72 Å². The number of nitrogens with one attached hydrogen (secondary N) is 1. The van der Waals surface area contributed by atoms with Gasteiger partial charge in [0.1, 0.15) is 12.6 Å². The van der Waals surface area contributed by atoms with Gasteiger partial charge in [0.2, 0.25) is 5.28 Å². The average Bonchev–Trinajstić information content (AvgIpc) is 3.47. The molecule has 1 aliphatic heterocycles. The number of amides is 1. The van der Waals surface area contributed by atoms with E-state index in [0.717, 1.165) is 33.5 Å². The number of halogens is 3. The number of aryl methyl sites for hydroxylation is 1. The van der Waals surface area contributed by atoms with E-state index < -0.39 is 46.5 Å². The molecular formula is C28H31F3N6O9S. The molecule has 1 N–H and O–H groups in total. The van der Waals surface area contributed by atoms with Crippen molar-refractivity contribution >= 4 is 22.3 Å². The van der Waals surface area contributed by atoms with Crippen LogP contribution in [0.25, 0.3) is 16.9 Å². The summed E-state index contributed by atoms with van der Waals surface area (Å²) < 4.78 is 83.7. The summed E-state index contributed by atoms with van der Waals surface area (Å²) in [4.78, 5) is 28.3. The van der Waals surface area contributed by atoms with E-state index >= 15 is 0 Å². The van der Waals surface area contributed by atoms with Crippen molar-refractivity contribution in [2.45, 2.75) is 57.1 Å².